The van der Waals surface area contributed by atoms with E-state index in [1.807, 2.05) is 11.0 Å². The molecule has 2 aromatic rings. The highest BCUT2D eigenvalue weighted by molar-refractivity contribution is 6.32. The van der Waals surface area contributed by atoms with E-state index < -0.39 is 0 Å². The van der Waals surface area contributed by atoms with Crippen molar-refractivity contribution in [2.75, 3.05) is 39.4 Å². The van der Waals surface area contributed by atoms with Crippen molar-refractivity contribution >= 4 is 29.1 Å². The predicted molar refractivity (Wildman–Crippen MR) is 125 cm³/mol. The van der Waals surface area contributed by atoms with E-state index in [0.717, 1.165) is 38.2 Å². The van der Waals surface area contributed by atoms with Crippen molar-refractivity contribution in [3.8, 4) is 11.5 Å². The first kappa shape index (κ1) is 24.6. The van der Waals surface area contributed by atoms with E-state index >= 15 is 0 Å². The van der Waals surface area contributed by atoms with Gasteiger partial charge in [-0.2, -0.15) is 0 Å². The maximum Gasteiger partial charge on any atom is 0.256 e. The zero-order valence-corrected chi connectivity index (χ0v) is 19.6. The lowest BCUT2D eigenvalue weighted by molar-refractivity contribution is 0.0681. The lowest BCUT2D eigenvalue weighted by Gasteiger charge is -2.33. The Balaban J connectivity index is 0.000000913. The quantitative estimate of drug-likeness (QED) is 0.633. The third-order valence-corrected chi connectivity index (χ3v) is 5.86. The van der Waals surface area contributed by atoms with Crippen LogP contribution in [0.4, 0.5) is 0 Å². The van der Waals surface area contributed by atoms with Crippen LogP contribution in [-0.2, 0) is 0 Å². The number of nitrogens with zero attached hydrogens (tertiary/aromatic N) is 2. The summed E-state index contributed by atoms with van der Waals surface area (Å²) in [6, 6.07) is 8.86. The van der Waals surface area contributed by atoms with Crippen LogP contribution in [-0.4, -0.2) is 66.4 Å². The summed E-state index contributed by atoms with van der Waals surface area (Å²) in [6.45, 7) is 5.49. The van der Waals surface area contributed by atoms with Crippen molar-refractivity contribution in [1.29, 1.82) is 0 Å². The highest BCUT2D eigenvalue weighted by Gasteiger charge is 2.26. The van der Waals surface area contributed by atoms with Gasteiger partial charge in [-0.15, -0.1) is 0 Å². The molecule has 0 saturated carbocycles. The Bertz CT molecular complexity index is 891. The topological polar surface area (TPSA) is 83.9 Å². The number of aliphatic hydroxyl groups is 1. The predicted octanol–water partition coefficient (Wildman–Crippen LogP) is 3.67. The fourth-order valence-corrected chi connectivity index (χ4v) is 4.06. The molecule has 1 aromatic carbocycles. The van der Waals surface area contributed by atoms with Crippen LogP contribution in [0.1, 0.15) is 30.1 Å². The lowest BCUT2D eigenvalue weighted by atomic mass is 9.96. The van der Waals surface area contributed by atoms with E-state index in [1.165, 1.54) is 0 Å². The number of halogens is 2. The monoisotopic (exact) mass is 481 g/mol. The summed E-state index contributed by atoms with van der Waals surface area (Å²) in [4.78, 5) is 18.5. The number of benzene rings is 1. The number of aromatic nitrogens is 1. The highest BCUT2D eigenvalue weighted by atomic mass is 35.5. The maximum atomic E-state index is 12.6. The minimum Gasteiger partial charge on any atom is -0.486 e. The van der Waals surface area contributed by atoms with Crippen molar-refractivity contribution in [3.05, 3.63) is 52.3 Å². The highest BCUT2D eigenvalue weighted by Crippen LogP contribution is 2.34. The number of piperidine rings is 1. The Kier molecular flexibility index (Phi) is 9.41. The van der Waals surface area contributed by atoms with Crippen LogP contribution in [0.25, 0.3) is 0 Å². The summed E-state index contributed by atoms with van der Waals surface area (Å²) in [5.74, 6) is 1.90. The molecule has 0 aliphatic carbocycles. The van der Waals surface area contributed by atoms with E-state index in [4.69, 9.17) is 37.8 Å². The molecule has 2 aliphatic heterocycles. The second-order valence-corrected chi connectivity index (χ2v) is 8.49. The molecular weight excluding hydrogens is 453 g/mol. The molecule has 2 aliphatic rings. The Morgan fingerprint density at radius 1 is 1.22 bits per heavy atom. The van der Waals surface area contributed by atoms with Crippen LogP contribution in [0.5, 0.6) is 11.5 Å². The number of rotatable bonds is 5. The maximum absolute atomic E-state index is 12.6. The average Bonchev–Trinajstić information content (AvgIpc) is 2.80. The fourth-order valence-electron chi connectivity index (χ4n) is 3.69. The third kappa shape index (κ3) is 6.72. The summed E-state index contributed by atoms with van der Waals surface area (Å²) < 4.78 is 11.7. The number of hydrogen-bond acceptors (Lipinski definition) is 6. The van der Waals surface area contributed by atoms with Gasteiger partial charge in [0.05, 0.1) is 5.56 Å². The van der Waals surface area contributed by atoms with E-state index in [1.54, 1.807) is 37.4 Å². The van der Waals surface area contributed by atoms with Gasteiger partial charge in [0.2, 0.25) is 0 Å². The Labute approximate surface area is 198 Å². The molecule has 1 aromatic heterocycles. The number of carbonyl (C=O) groups is 1. The molecule has 174 valence electrons. The van der Waals surface area contributed by atoms with Gasteiger partial charge >= 0.3 is 0 Å². The van der Waals surface area contributed by atoms with Gasteiger partial charge in [0.25, 0.3) is 5.91 Å². The number of ether oxygens (including phenoxy) is 2. The van der Waals surface area contributed by atoms with Crippen LogP contribution in [0, 0.1) is 5.92 Å². The third-order valence-electron chi connectivity index (χ3n) is 5.32. The zero-order valence-electron chi connectivity index (χ0n) is 18.1. The van der Waals surface area contributed by atoms with Gasteiger partial charge in [0.15, 0.2) is 11.5 Å². The standard InChI is InChI=1S/C21H23Cl2N3O3.C2H6O/c22-15-3-4-18-19(10-15)29-16(13-28-18)12-24-11-14-5-8-26(9-6-14)21(27)17-2-1-7-25-20(17)23;1-2-3/h1-4,7,10,14,16,24H,5-6,8-9,11-13H2;3H,2H2,1H3. The smallest absolute Gasteiger partial charge is 0.256 e. The van der Waals surface area contributed by atoms with Crippen LogP contribution >= 0.6 is 23.2 Å². The van der Waals surface area contributed by atoms with Crippen molar-refractivity contribution in [2.24, 2.45) is 5.92 Å². The Morgan fingerprint density at radius 3 is 2.69 bits per heavy atom. The van der Waals surface area contributed by atoms with Crippen molar-refractivity contribution < 1.29 is 19.4 Å². The summed E-state index contributed by atoms with van der Waals surface area (Å²) in [5.41, 5.74) is 0.473. The zero-order chi connectivity index (χ0) is 22.9. The largest absolute Gasteiger partial charge is 0.486 e. The molecule has 4 rings (SSSR count). The fraction of sp³-hybridized carbons (Fsp3) is 0.478. The van der Waals surface area contributed by atoms with Crippen LogP contribution < -0.4 is 14.8 Å². The van der Waals surface area contributed by atoms with Gasteiger partial charge in [-0.1, -0.05) is 23.2 Å². The second-order valence-electron chi connectivity index (χ2n) is 7.69. The second kappa shape index (κ2) is 12.3. The van der Waals surface area contributed by atoms with Gasteiger partial charge in [0, 0.05) is 43.5 Å². The number of hydrogen-bond donors (Lipinski definition) is 2. The molecule has 0 spiro atoms. The van der Waals surface area contributed by atoms with Gasteiger partial charge in [-0.3, -0.25) is 4.79 Å². The lowest BCUT2D eigenvalue weighted by Crippen LogP contribution is -2.43. The van der Waals surface area contributed by atoms with E-state index in [-0.39, 0.29) is 23.8 Å². The molecule has 32 heavy (non-hydrogen) atoms. The summed E-state index contributed by atoms with van der Waals surface area (Å²) in [7, 11) is 0. The number of fused-ring (bicyclic) bond motifs is 1. The van der Waals surface area contributed by atoms with Crippen LogP contribution in [0.15, 0.2) is 36.5 Å². The van der Waals surface area contributed by atoms with Crippen LogP contribution in [0.2, 0.25) is 10.2 Å². The first-order valence-corrected chi connectivity index (χ1v) is 11.6. The van der Waals surface area contributed by atoms with Crippen molar-refractivity contribution in [2.45, 2.75) is 25.9 Å². The normalized spacial score (nSPS) is 18.0. The van der Waals surface area contributed by atoms with Crippen molar-refractivity contribution in [3.63, 3.8) is 0 Å². The molecule has 1 amide bonds. The minimum atomic E-state index is -0.0460. The number of likely N-dealkylation sites (tertiary alicyclic amines) is 1. The molecule has 2 N–H and O–H groups in total. The van der Waals surface area contributed by atoms with Gasteiger partial charge in [-0.05, 0) is 56.5 Å². The molecule has 1 fully saturated rings. The SMILES string of the molecule is CCO.O=C(c1cccnc1Cl)N1CCC(CNCC2COc3ccc(Cl)cc3O2)CC1. The molecular formula is C23H29Cl2N3O4. The van der Waals surface area contributed by atoms with E-state index in [9.17, 15) is 4.79 Å². The van der Waals surface area contributed by atoms with E-state index in [0.29, 0.717) is 35.4 Å². The van der Waals surface area contributed by atoms with Gasteiger partial charge < -0.3 is 24.8 Å². The molecule has 0 radical (unpaired) electrons. The minimum absolute atomic E-state index is 0.0420. The van der Waals surface area contributed by atoms with E-state index in [2.05, 4.69) is 10.3 Å². The Hall–Kier alpha value is -2.06. The molecule has 0 bridgehead atoms. The number of aliphatic hydroxyl groups excluding tert-OH is 1. The Morgan fingerprint density at radius 2 is 1.97 bits per heavy atom. The molecule has 7 nitrogen and oxygen atoms in total. The number of amides is 1. The molecule has 1 unspecified atom stereocenters. The molecule has 1 saturated heterocycles. The number of pyridine rings is 1. The van der Waals surface area contributed by atoms with Crippen molar-refractivity contribution in [1.82, 2.24) is 15.2 Å². The molecule has 3 heterocycles. The molecule has 9 heteroatoms. The van der Waals surface area contributed by atoms with Crippen LogP contribution in [0.3, 0.4) is 0 Å². The number of carbonyl (C=O) groups excluding carboxylic acids is 1. The first-order chi connectivity index (χ1) is 15.5. The van der Waals surface area contributed by atoms with Gasteiger partial charge in [0.1, 0.15) is 17.9 Å². The van der Waals surface area contributed by atoms with Gasteiger partial charge in [-0.25, -0.2) is 4.98 Å². The first-order valence-electron chi connectivity index (χ1n) is 10.8. The summed E-state index contributed by atoms with van der Waals surface area (Å²) >= 11 is 12.1. The summed E-state index contributed by atoms with van der Waals surface area (Å²) in [5, 5.41) is 11.9. The average molecular weight is 482 g/mol. The molecule has 1 atom stereocenters. The summed E-state index contributed by atoms with van der Waals surface area (Å²) in [6.07, 6.45) is 3.45. The number of nitrogens with one attached hydrogen (secondary N) is 1.